The lowest BCUT2D eigenvalue weighted by molar-refractivity contribution is -0.148. The lowest BCUT2D eigenvalue weighted by Crippen LogP contribution is -2.29. The molecule has 0 N–H and O–H groups in total. The fourth-order valence-electron chi connectivity index (χ4n) is 2.56. The van der Waals surface area contributed by atoms with Gasteiger partial charge in [0.05, 0.1) is 13.0 Å². The Balaban J connectivity index is 2.23. The van der Waals surface area contributed by atoms with Gasteiger partial charge in [0, 0.05) is 6.42 Å². The zero-order valence-electron chi connectivity index (χ0n) is 8.29. The van der Waals surface area contributed by atoms with Crippen LogP contribution in [0.4, 0.5) is 0 Å². The third kappa shape index (κ3) is 1.47. The highest BCUT2D eigenvalue weighted by Gasteiger charge is 2.38. The van der Waals surface area contributed by atoms with E-state index in [0.29, 0.717) is 6.42 Å². The third-order valence-electron chi connectivity index (χ3n) is 3.21. The van der Waals surface area contributed by atoms with Gasteiger partial charge >= 0.3 is 5.97 Å². The molecule has 2 aliphatic carbocycles. The molecule has 0 saturated heterocycles. The maximum absolute atomic E-state index is 11.5. The van der Waals surface area contributed by atoms with E-state index >= 15 is 0 Å². The van der Waals surface area contributed by atoms with E-state index in [4.69, 9.17) is 4.74 Å². The first-order chi connectivity index (χ1) is 6.72. The molecule has 1 fully saturated rings. The number of ketones is 1. The van der Waals surface area contributed by atoms with Crippen molar-refractivity contribution in [2.24, 2.45) is 11.8 Å². The minimum atomic E-state index is -0.226. The minimum absolute atomic E-state index is 0.0774. The van der Waals surface area contributed by atoms with E-state index in [-0.39, 0.29) is 23.6 Å². The fraction of sp³-hybridized carbons (Fsp3) is 0.636. The third-order valence-corrected chi connectivity index (χ3v) is 3.21. The molecule has 3 heteroatoms. The summed E-state index contributed by atoms with van der Waals surface area (Å²) < 4.78 is 4.73. The number of methoxy groups -OCH3 is 1. The first-order valence-electron chi connectivity index (χ1n) is 5.03. The lowest BCUT2D eigenvalue weighted by atomic mass is 9.79. The number of fused-ring (bicyclic) bond motifs is 1. The molecule has 2 aliphatic rings. The second-order valence-electron chi connectivity index (χ2n) is 4.02. The molecule has 0 aromatic rings. The number of allylic oxidation sites excluding steroid dienone is 2. The number of hydrogen-bond acceptors (Lipinski definition) is 3. The fourth-order valence-corrected chi connectivity index (χ4v) is 2.56. The van der Waals surface area contributed by atoms with Gasteiger partial charge in [0.25, 0.3) is 0 Å². The topological polar surface area (TPSA) is 43.4 Å². The van der Waals surface area contributed by atoms with Crippen LogP contribution in [0.5, 0.6) is 0 Å². The summed E-state index contributed by atoms with van der Waals surface area (Å²) >= 11 is 0. The van der Waals surface area contributed by atoms with Gasteiger partial charge in [0.2, 0.25) is 0 Å². The van der Waals surface area contributed by atoms with Gasteiger partial charge < -0.3 is 4.74 Å². The van der Waals surface area contributed by atoms with E-state index in [1.54, 1.807) is 6.08 Å². The molecule has 3 nitrogen and oxygen atoms in total. The minimum Gasteiger partial charge on any atom is -0.469 e. The molecule has 2 atom stereocenters. The highest BCUT2D eigenvalue weighted by Crippen LogP contribution is 2.41. The molecule has 1 unspecified atom stereocenters. The maximum atomic E-state index is 11.5. The summed E-state index contributed by atoms with van der Waals surface area (Å²) in [4.78, 5) is 22.8. The molecular formula is C11H14O3. The summed E-state index contributed by atoms with van der Waals surface area (Å²) in [6.45, 7) is 0. The van der Waals surface area contributed by atoms with Crippen LogP contribution in [0.3, 0.4) is 0 Å². The van der Waals surface area contributed by atoms with Crippen LogP contribution in [0, 0.1) is 11.8 Å². The molecule has 1 saturated carbocycles. The average molecular weight is 194 g/mol. The van der Waals surface area contributed by atoms with Crippen molar-refractivity contribution >= 4 is 11.8 Å². The Morgan fingerprint density at radius 1 is 1.57 bits per heavy atom. The van der Waals surface area contributed by atoms with Gasteiger partial charge in [-0.2, -0.15) is 0 Å². The Kier molecular flexibility index (Phi) is 2.40. The van der Waals surface area contributed by atoms with Crippen molar-refractivity contribution in [3.63, 3.8) is 0 Å². The largest absolute Gasteiger partial charge is 0.469 e. The molecule has 0 bridgehead atoms. The lowest BCUT2D eigenvalue weighted by Gasteiger charge is -2.25. The van der Waals surface area contributed by atoms with Gasteiger partial charge in [-0.05, 0) is 31.3 Å². The molecule has 0 spiro atoms. The van der Waals surface area contributed by atoms with E-state index in [2.05, 4.69) is 0 Å². The van der Waals surface area contributed by atoms with Crippen LogP contribution in [0.2, 0.25) is 0 Å². The molecular weight excluding hydrogens is 180 g/mol. The van der Waals surface area contributed by atoms with Crippen LogP contribution in [-0.2, 0) is 14.3 Å². The van der Waals surface area contributed by atoms with E-state index in [1.807, 2.05) is 0 Å². The van der Waals surface area contributed by atoms with E-state index in [1.165, 1.54) is 7.11 Å². The summed E-state index contributed by atoms with van der Waals surface area (Å²) in [6.07, 6.45) is 5.16. The molecule has 2 rings (SSSR count). The molecule has 0 aromatic heterocycles. The number of esters is 1. The van der Waals surface area contributed by atoms with Crippen molar-refractivity contribution < 1.29 is 14.3 Å². The van der Waals surface area contributed by atoms with Gasteiger partial charge in [0.1, 0.15) is 0 Å². The zero-order chi connectivity index (χ0) is 10.1. The van der Waals surface area contributed by atoms with E-state index < -0.39 is 0 Å². The Labute approximate surface area is 83.1 Å². The van der Waals surface area contributed by atoms with Crippen LogP contribution >= 0.6 is 0 Å². The van der Waals surface area contributed by atoms with E-state index in [9.17, 15) is 9.59 Å². The zero-order valence-corrected chi connectivity index (χ0v) is 8.29. The van der Waals surface area contributed by atoms with Crippen LogP contribution in [-0.4, -0.2) is 18.9 Å². The van der Waals surface area contributed by atoms with Gasteiger partial charge in [-0.25, -0.2) is 0 Å². The number of rotatable bonds is 1. The quantitative estimate of drug-likeness (QED) is 0.594. The second kappa shape index (κ2) is 3.56. The summed E-state index contributed by atoms with van der Waals surface area (Å²) in [5.74, 6) is -0.0838. The van der Waals surface area contributed by atoms with Gasteiger partial charge in [0.15, 0.2) is 5.78 Å². The maximum Gasteiger partial charge on any atom is 0.309 e. The van der Waals surface area contributed by atoms with Crippen molar-refractivity contribution in [3.8, 4) is 0 Å². The normalized spacial score (nSPS) is 30.9. The van der Waals surface area contributed by atoms with Crippen molar-refractivity contribution in [2.75, 3.05) is 7.11 Å². The SMILES string of the molecule is COC(=O)[C@H]1CC(=O)C=C2CCCC21. The van der Waals surface area contributed by atoms with Gasteiger partial charge in [-0.3, -0.25) is 9.59 Å². The molecule has 76 valence electrons. The second-order valence-corrected chi connectivity index (χ2v) is 4.02. The number of hydrogen-bond donors (Lipinski definition) is 0. The molecule has 0 aromatic carbocycles. The van der Waals surface area contributed by atoms with Crippen LogP contribution < -0.4 is 0 Å². The summed E-state index contributed by atoms with van der Waals surface area (Å²) in [5, 5.41) is 0. The number of carbonyl (C=O) groups is 2. The average Bonchev–Trinajstić information content (AvgIpc) is 2.62. The van der Waals surface area contributed by atoms with Crippen molar-refractivity contribution in [3.05, 3.63) is 11.6 Å². The standard InChI is InChI=1S/C11H14O3/c1-14-11(13)10-6-8(12)5-7-3-2-4-9(7)10/h5,9-10H,2-4,6H2,1H3/t9?,10-/m0/s1. The number of carbonyl (C=O) groups excluding carboxylic acids is 2. The Morgan fingerprint density at radius 2 is 2.36 bits per heavy atom. The molecule has 14 heavy (non-hydrogen) atoms. The van der Waals surface area contributed by atoms with Gasteiger partial charge in [-0.15, -0.1) is 0 Å². The smallest absolute Gasteiger partial charge is 0.309 e. The highest BCUT2D eigenvalue weighted by atomic mass is 16.5. The number of ether oxygens (including phenoxy) is 1. The van der Waals surface area contributed by atoms with Crippen molar-refractivity contribution in [1.82, 2.24) is 0 Å². The molecule has 0 radical (unpaired) electrons. The highest BCUT2D eigenvalue weighted by molar-refractivity contribution is 5.95. The monoisotopic (exact) mass is 194 g/mol. The predicted molar refractivity (Wildman–Crippen MR) is 50.6 cm³/mol. The Hall–Kier alpha value is -1.12. The van der Waals surface area contributed by atoms with Crippen LogP contribution in [0.15, 0.2) is 11.6 Å². The first kappa shape index (κ1) is 9.44. The van der Waals surface area contributed by atoms with Crippen LogP contribution in [0.1, 0.15) is 25.7 Å². The van der Waals surface area contributed by atoms with Crippen molar-refractivity contribution in [1.29, 1.82) is 0 Å². The van der Waals surface area contributed by atoms with Crippen molar-refractivity contribution in [2.45, 2.75) is 25.7 Å². The van der Waals surface area contributed by atoms with Gasteiger partial charge in [-0.1, -0.05) is 5.57 Å². The molecule has 0 amide bonds. The van der Waals surface area contributed by atoms with E-state index in [0.717, 1.165) is 24.8 Å². The predicted octanol–water partition coefficient (Wildman–Crippen LogP) is 1.47. The summed E-state index contributed by atoms with van der Waals surface area (Å²) in [5.41, 5.74) is 1.16. The van der Waals surface area contributed by atoms with Crippen LogP contribution in [0.25, 0.3) is 0 Å². The molecule has 0 aliphatic heterocycles. The Morgan fingerprint density at radius 3 is 3.07 bits per heavy atom. The summed E-state index contributed by atoms with van der Waals surface area (Å²) in [7, 11) is 1.39. The summed E-state index contributed by atoms with van der Waals surface area (Å²) in [6, 6.07) is 0. The molecule has 0 heterocycles. The Bertz CT molecular complexity index is 304. The first-order valence-corrected chi connectivity index (χ1v) is 5.03.